The second kappa shape index (κ2) is 27.1. The summed E-state index contributed by atoms with van der Waals surface area (Å²) in [5, 5.41) is 58.5. The van der Waals surface area contributed by atoms with Crippen LogP contribution in [-0.2, 0) is 69.1 Å². The number of aromatic nitrogens is 14. The third kappa shape index (κ3) is 15.6. The first-order valence-electron chi connectivity index (χ1n) is 27.4. The number of carboxylic acids is 1. The molecule has 38 nitrogen and oxygen atoms in total. The van der Waals surface area contributed by atoms with E-state index in [1.165, 1.54) is 47.8 Å². The minimum atomic E-state index is -5.30. The summed E-state index contributed by atoms with van der Waals surface area (Å²) in [5.74, 6) is -2.90. The molecular formula is C50H32F9N21O17S8. The Morgan fingerprint density at radius 3 is 1.70 bits per heavy atom. The number of hydrogen-bond donors (Lipinski definition) is 9. The molecule has 0 bridgehead atoms. The van der Waals surface area contributed by atoms with Gasteiger partial charge in [0.1, 0.15) is 16.5 Å². The van der Waals surface area contributed by atoms with E-state index in [9.17, 15) is 115 Å². The molecule has 9 heterocycles. The molecule has 0 aliphatic carbocycles. The van der Waals surface area contributed by atoms with Gasteiger partial charge in [-0.1, -0.05) is 35.2 Å². The third-order valence-electron chi connectivity index (χ3n) is 13.9. The molecule has 550 valence electrons. The Bertz CT molecular complexity index is 6500. The Morgan fingerprint density at radius 2 is 1.13 bits per heavy atom. The summed E-state index contributed by atoms with van der Waals surface area (Å²) >= 11 is 2.56. The summed E-state index contributed by atoms with van der Waals surface area (Å²) in [6.45, 7) is 2.51. The van der Waals surface area contributed by atoms with Gasteiger partial charge in [0.15, 0.2) is 71.1 Å². The van der Waals surface area contributed by atoms with Crippen molar-refractivity contribution >= 4 is 174 Å². The number of nitrogens with zero attached hydrogens (tertiary/aromatic N) is 18. The number of rotatable bonds is 16. The SMILES string of the molecule is Cc1nn(-c2cc(S(=O)(=O)O)ccc2S(=O)(=O)O)c(N=Nc2c(C(F)(F)F)[nH]n3c2nc2ccccc23)c1S(=O)(=O)O.Cc1nsc(N=Nc2c(C#N)[nH]n3c2nc2ccc(S(=O)(=O)O)cc23)c1C(=O)O.O=S(=O)(O)CCSc1nnc(N=Nc2c(C(F)(F)F)[nH]n3c2nc2ccc(C(F)(F)F)cc23)s1. The van der Waals surface area contributed by atoms with Crippen molar-refractivity contribution in [3.05, 3.63) is 118 Å². The monoisotopic (exact) mass is 1620 g/mol. The van der Waals surface area contributed by atoms with Gasteiger partial charge in [-0.2, -0.15) is 96.3 Å². The molecule has 0 radical (unpaired) electrons. The van der Waals surface area contributed by atoms with Crippen LogP contribution in [0.15, 0.2) is 133 Å². The van der Waals surface area contributed by atoms with Crippen LogP contribution in [0, 0.1) is 25.2 Å². The fraction of sp³-hybridized carbons (Fsp3) is 0.140. The zero-order valence-corrected chi connectivity index (χ0v) is 57.3. The molecule has 0 spiro atoms. The van der Waals surface area contributed by atoms with Crippen LogP contribution in [-0.4, -0.2) is 156 Å². The van der Waals surface area contributed by atoms with E-state index in [0.717, 1.165) is 62.7 Å². The smallest absolute Gasteiger partial charge is 0.435 e. The van der Waals surface area contributed by atoms with Crippen LogP contribution in [0.25, 0.3) is 55.7 Å². The number of para-hydroxylation sites is 2. The molecular weight excluding hydrogens is 1590 g/mol. The van der Waals surface area contributed by atoms with Crippen molar-refractivity contribution in [1.82, 2.24) is 68.1 Å². The van der Waals surface area contributed by atoms with Gasteiger partial charge in [-0.25, -0.2) is 38.0 Å². The molecule has 0 atom stereocenters. The Hall–Kier alpha value is -10.7. The lowest BCUT2D eigenvalue weighted by Gasteiger charge is -2.10. The molecule has 13 rings (SSSR count). The minimum absolute atomic E-state index is 0.00198. The molecule has 0 fully saturated rings. The number of aryl methyl sites for hydroxylation is 2. The van der Waals surface area contributed by atoms with Gasteiger partial charge in [-0.3, -0.25) is 38.1 Å². The van der Waals surface area contributed by atoms with Crippen LogP contribution in [0.5, 0.6) is 0 Å². The lowest BCUT2D eigenvalue weighted by Crippen LogP contribution is -2.09. The zero-order chi connectivity index (χ0) is 76.8. The van der Waals surface area contributed by atoms with Gasteiger partial charge in [-0.15, -0.1) is 40.9 Å². The van der Waals surface area contributed by atoms with Crippen molar-refractivity contribution in [3.63, 3.8) is 0 Å². The van der Waals surface area contributed by atoms with Gasteiger partial charge < -0.3 is 5.11 Å². The van der Waals surface area contributed by atoms with Gasteiger partial charge in [0.25, 0.3) is 55.7 Å². The number of halogens is 9. The zero-order valence-electron chi connectivity index (χ0n) is 50.8. The first-order valence-corrected chi connectivity index (χ1v) is 37.3. The lowest BCUT2D eigenvalue weighted by molar-refractivity contribution is -0.141. The van der Waals surface area contributed by atoms with E-state index in [1.807, 2.05) is 11.2 Å². The maximum atomic E-state index is 13.9. The molecule has 13 aromatic rings. The van der Waals surface area contributed by atoms with Gasteiger partial charge in [0.2, 0.25) is 0 Å². The van der Waals surface area contributed by atoms with Crippen LogP contribution >= 0.6 is 34.6 Å². The van der Waals surface area contributed by atoms with E-state index in [0.29, 0.717) is 40.2 Å². The highest BCUT2D eigenvalue weighted by atomic mass is 32.2. The number of thioether (sulfide) groups is 1. The fourth-order valence-electron chi connectivity index (χ4n) is 9.49. The average Bonchev–Trinajstić information content (AvgIpc) is 1.59. The quantitative estimate of drug-likeness (QED) is 0.0188. The van der Waals surface area contributed by atoms with E-state index in [4.69, 9.17) is 4.55 Å². The van der Waals surface area contributed by atoms with Gasteiger partial charge in [0.05, 0.1) is 71.3 Å². The molecule has 9 aromatic heterocycles. The van der Waals surface area contributed by atoms with Crippen molar-refractivity contribution in [3.8, 4) is 11.8 Å². The highest BCUT2D eigenvalue weighted by Gasteiger charge is 2.41. The Morgan fingerprint density at radius 1 is 0.600 bits per heavy atom. The number of nitrogens with one attached hydrogen (secondary N) is 3. The van der Waals surface area contributed by atoms with Crippen molar-refractivity contribution in [2.24, 2.45) is 30.7 Å². The van der Waals surface area contributed by atoms with Crippen molar-refractivity contribution in [2.45, 2.75) is 56.3 Å². The maximum absolute atomic E-state index is 13.9. The van der Waals surface area contributed by atoms with Crippen LogP contribution < -0.4 is 0 Å². The van der Waals surface area contributed by atoms with Crippen molar-refractivity contribution in [2.75, 3.05) is 11.5 Å². The number of benzene rings is 4. The van der Waals surface area contributed by atoms with Crippen LogP contribution in [0.1, 0.15) is 44.4 Å². The summed E-state index contributed by atoms with van der Waals surface area (Å²) in [4.78, 5) is 20.2. The van der Waals surface area contributed by atoms with E-state index < -0.39 is 152 Å². The molecule has 0 unspecified atom stereocenters. The third-order valence-corrected chi connectivity index (χ3v) is 21.2. The second-order valence-corrected chi connectivity index (χ2v) is 31.0. The number of aromatic carboxylic acids is 1. The molecule has 0 amide bonds. The number of imidazole rings is 3. The highest BCUT2D eigenvalue weighted by Crippen LogP contribution is 2.44. The van der Waals surface area contributed by atoms with Crippen LogP contribution in [0.4, 0.5) is 72.5 Å². The van der Waals surface area contributed by atoms with Gasteiger partial charge >= 0.3 is 24.5 Å². The second-order valence-electron chi connectivity index (χ2n) is 20.8. The summed E-state index contributed by atoms with van der Waals surface area (Å²) < 4.78 is 292. The number of alkyl halides is 9. The Balaban J connectivity index is 0.000000160. The first-order chi connectivity index (χ1) is 48.7. The van der Waals surface area contributed by atoms with Crippen LogP contribution in [0.2, 0.25) is 0 Å². The lowest BCUT2D eigenvalue weighted by atomic mass is 10.2. The summed E-state index contributed by atoms with van der Waals surface area (Å²) in [7, 11) is -24.1. The van der Waals surface area contributed by atoms with Crippen LogP contribution in [0.3, 0.4) is 0 Å². The summed E-state index contributed by atoms with van der Waals surface area (Å²) in [5.41, 5.74) is -6.71. The normalized spacial score (nSPS) is 13.2. The molecule has 105 heavy (non-hydrogen) atoms. The van der Waals surface area contributed by atoms with E-state index >= 15 is 0 Å². The average molecular weight is 1630 g/mol. The molecule has 0 aliphatic rings. The number of carbonyl (C=O) groups is 1. The predicted octanol–water partition coefficient (Wildman–Crippen LogP) is 11.4. The Kier molecular flexibility index (Phi) is 19.5. The van der Waals surface area contributed by atoms with Gasteiger partial charge in [-0.05, 0) is 92.1 Å². The first kappa shape index (κ1) is 75.5. The highest BCUT2D eigenvalue weighted by molar-refractivity contribution is 8.01. The number of carboxylic acid groups (broad SMARTS) is 1. The van der Waals surface area contributed by atoms with Crippen molar-refractivity contribution in [1.29, 1.82) is 5.26 Å². The standard InChI is InChI=1S/C20H14F3N7O9S3.C15H9F6N7O3S3.C15H9N7O5S2/c1-9-16(42(37,38)39)19(30(27-9)13-8-10(40(31,32)33)6-7-14(13)41(34,35)36)26-25-15-17(20(21,22)23)28-29-12-5-3-2-4-11(12)24-18(15)29;16-14(17,18)6-1-2-7-8(5-6)28-11(22-7)9(10(27-28)15(19,20)21)23-24-12-25-26-13(33-12)32-3-4-34(29,30)31;1-6-11(15(23)24)14(28-21-6)19-18-12-9(5-16)20-22-10-4-7(29(25,26)27)2-3-8(10)17-13(12)22/h2-8,28H,1H3,(H,31,32,33)(H,34,35,36)(H,37,38,39);1-2,5,27H,3-4H2,(H,29,30,31);2-4,20H,1H3,(H,23,24)(H,25,26,27). The summed E-state index contributed by atoms with van der Waals surface area (Å²) in [6, 6.07) is 15.7. The predicted molar refractivity (Wildman–Crippen MR) is 342 cm³/mol. The van der Waals surface area contributed by atoms with Gasteiger partial charge in [0, 0.05) is 5.75 Å². The summed E-state index contributed by atoms with van der Waals surface area (Å²) in [6.07, 6.45) is -14.7. The number of nitriles is 1. The number of aromatic amines is 3. The number of azo groups is 3. The Labute approximate surface area is 587 Å². The largest absolute Gasteiger partial charge is 0.478 e. The minimum Gasteiger partial charge on any atom is -0.478 e. The molecule has 0 aliphatic heterocycles. The molecule has 4 aromatic carbocycles. The number of fused-ring (bicyclic) bond motifs is 9. The molecule has 0 saturated carbocycles. The topological polar surface area (TPSA) is 563 Å². The van der Waals surface area contributed by atoms with E-state index in [2.05, 4.69) is 75.5 Å². The fourth-order valence-corrected chi connectivity index (χ4v) is 15.2. The van der Waals surface area contributed by atoms with Crippen molar-refractivity contribution < 1.29 is 114 Å². The number of hydrogen-bond acceptors (Lipinski definition) is 28. The maximum Gasteiger partial charge on any atom is 0.435 e. The number of H-pyrrole nitrogens is 3. The van der Waals surface area contributed by atoms with E-state index in [1.54, 1.807) is 6.07 Å². The molecule has 9 N–H and O–H groups in total. The molecule has 0 saturated heterocycles. The van der Waals surface area contributed by atoms with E-state index in [-0.39, 0.29) is 75.3 Å². The molecule has 55 heteroatoms.